The van der Waals surface area contributed by atoms with Crippen molar-refractivity contribution in [2.45, 2.75) is 25.4 Å². The number of nitrogens with zero attached hydrogens (tertiary/aromatic N) is 3. The van der Waals surface area contributed by atoms with E-state index in [0.29, 0.717) is 11.4 Å². The molecule has 1 saturated heterocycles. The highest BCUT2D eigenvalue weighted by Crippen LogP contribution is 2.32. The van der Waals surface area contributed by atoms with Gasteiger partial charge >= 0.3 is 0 Å². The molecule has 1 unspecified atom stereocenters. The Labute approximate surface area is 186 Å². The van der Waals surface area contributed by atoms with Crippen LogP contribution in [0, 0.1) is 11.3 Å². The first-order valence-corrected chi connectivity index (χ1v) is 10.7. The summed E-state index contributed by atoms with van der Waals surface area (Å²) in [5, 5.41) is 13.6. The largest absolute Gasteiger partial charge is 0.374 e. The number of fused-ring (bicyclic) bond motifs is 1. The SMILES string of the molecule is N#Cc1cc2cc(C3CCCO3)ccc2n1-c1ccc(NC(=O)Cc2cccnc2)cc1. The molecule has 1 N–H and O–H groups in total. The summed E-state index contributed by atoms with van der Waals surface area (Å²) in [5.74, 6) is -0.100. The molecule has 1 aliphatic heterocycles. The zero-order valence-electron chi connectivity index (χ0n) is 17.5. The van der Waals surface area contributed by atoms with E-state index in [4.69, 9.17) is 4.74 Å². The molecule has 5 rings (SSSR count). The highest BCUT2D eigenvalue weighted by molar-refractivity contribution is 5.92. The van der Waals surface area contributed by atoms with Crippen LogP contribution in [0.3, 0.4) is 0 Å². The lowest BCUT2D eigenvalue weighted by Crippen LogP contribution is -2.14. The van der Waals surface area contributed by atoms with Crippen LogP contribution >= 0.6 is 0 Å². The lowest BCUT2D eigenvalue weighted by molar-refractivity contribution is -0.115. The van der Waals surface area contributed by atoms with Crippen LogP contribution < -0.4 is 5.32 Å². The van der Waals surface area contributed by atoms with Gasteiger partial charge in [-0.1, -0.05) is 12.1 Å². The number of anilines is 1. The normalized spacial score (nSPS) is 15.5. The van der Waals surface area contributed by atoms with Gasteiger partial charge in [-0.15, -0.1) is 0 Å². The maximum absolute atomic E-state index is 12.3. The van der Waals surface area contributed by atoms with Gasteiger partial charge in [-0.2, -0.15) is 5.26 Å². The second-order valence-corrected chi connectivity index (χ2v) is 7.93. The summed E-state index contributed by atoms with van der Waals surface area (Å²) < 4.78 is 7.75. The number of nitriles is 1. The van der Waals surface area contributed by atoms with Gasteiger partial charge in [0, 0.05) is 35.8 Å². The van der Waals surface area contributed by atoms with Crippen LogP contribution in [-0.4, -0.2) is 22.1 Å². The average molecular weight is 422 g/mol. The van der Waals surface area contributed by atoms with E-state index in [0.717, 1.165) is 47.2 Å². The number of ether oxygens (including phenoxy) is 1. The molecule has 32 heavy (non-hydrogen) atoms. The quantitative estimate of drug-likeness (QED) is 0.495. The number of hydrogen-bond acceptors (Lipinski definition) is 4. The maximum Gasteiger partial charge on any atom is 0.228 e. The van der Waals surface area contributed by atoms with Crippen molar-refractivity contribution >= 4 is 22.5 Å². The van der Waals surface area contributed by atoms with E-state index >= 15 is 0 Å². The summed E-state index contributed by atoms with van der Waals surface area (Å²) >= 11 is 0. The predicted octanol–water partition coefficient (Wildman–Crippen LogP) is 4.93. The third-order valence-corrected chi connectivity index (χ3v) is 5.74. The van der Waals surface area contributed by atoms with Crippen LogP contribution in [0.2, 0.25) is 0 Å². The highest BCUT2D eigenvalue weighted by atomic mass is 16.5. The second-order valence-electron chi connectivity index (χ2n) is 7.93. The standard InChI is InChI=1S/C26H22N4O2/c27-16-23-15-20-14-19(25-4-2-12-32-25)5-10-24(20)30(23)22-8-6-21(7-9-22)29-26(31)13-18-3-1-11-28-17-18/h1,3,5-11,14-15,17,25H,2,4,12-13H2,(H,29,31). The number of carbonyl (C=O) groups is 1. The number of amides is 1. The van der Waals surface area contributed by atoms with Gasteiger partial charge in [0.2, 0.25) is 5.91 Å². The van der Waals surface area contributed by atoms with Crippen molar-refractivity contribution in [2.24, 2.45) is 0 Å². The second kappa shape index (κ2) is 8.66. The molecule has 4 aromatic rings. The molecule has 0 radical (unpaired) electrons. The Hall–Kier alpha value is -3.95. The summed E-state index contributed by atoms with van der Waals surface area (Å²) in [5.41, 5.74) is 5.13. The molecule has 1 aliphatic rings. The third-order valence-electron chi connectivity index (χ3n) is 5.74. The molecule has 6 heteroatoms. The summed E-state index contributed by atoms with van der Waals surface area (Å²) in [6, 6.07) is 21.7. The number of pyridine rings is 1. The van der Waals surface area contributed by atoms with Crippen LogP contribution in [0.5, 0.6) is 0 Å². The Morgan fingerprint density at radius 2 is 2.06 bits per heavy atom. The molecule has 3 heterocycles. The lowest BCUT2D eigenvalue weighted by Gasteiger charge is -2.12. The van der Waals surface area contributed by atoms with Crippen molar-refractivity contribution in [3.8, 4) is 11.8 Å². The topological polar surface area (TPSA) is 79.9 Å². The first-order chi connectivity index (χ1) is 15.7. The summed E-state index contributed by atoms with van der Waals surface area (Å²) in [4.78, 5) is 16.4. The summed E-state index contributed by atoms with van der Waals surface area (Å²) in [6.07, 6.45) is 5.90. The van der Waals surface area contributed by atoms with E-state index in [1.807, 2.05) is 47.0 Å². The number of aromatic nitrogens is 2. The van der Waals surface area contributed by atoms with Crippen LogP contribution in [0.4, 0.5) is 5.69 Å². The van der Waals surface area contributed by atoms with Crippen molar-refractivity contribution in [3.05, 3.63) is 89.9 Å². The van der Waals surface area contributed by atoms with Crippen LogP contribution in [0.1, 0.15) is 35.8 Å². The van der Waals surface area contributed by atoms with E-state index in [9.17, 15) is 10.1 Å². The zero-order chi connectivity index (χ0) is 21.9. The molecule has 1 fully saturated rings. The minimum Gasteiger partial charge on any atom is -0.374 e. The van der Waals surface area contributed by atoms with Gasteiger partial charge in [0.15, 0.2) is 0 Å². The van der Waals surface area contributed by atoms with Gasteiger partial charge in [-0.3, -0.25) is 9.78 Å². The minimum atomic E-state index is -0.100. The van der Waals surface area contributed by atoms with Crippen LogP contribution in [0.25, 0.3) is 16.6 Å². The fourth-order valence-corrected chi connectivity index (χ4v) is 4.22. The Bertz CT molecular complexity index is 1300. The van der Waals surface area contributed by atoms with E-state index in [2.05, 4.69) is 34.6 Å². The number of nitrogens with one attached hydrogen (secondary N) is 1. The minimum absolute atomic E-state index is 0.100. The van der Waals surface area contributed by atoms with E-state index in [1.165, 1.54) is 0 Å². The molecule has 6 nitrogen and oxygen atoms in total. The molecule has 0 aliphatic carbocycles. The van der Waals surface area contributed by atoms with Crippen LogP contribution in [0.15, 0.2) is 73.1 Å². The third kappa shape index (κ3) is 3.98. The van der Waals surface area contributed by atoms with Gasteiger partial charge in [0.1, 0.15) is 11.8 Å². The fraction of sp³-hybridized carbons (Fsp3) is 0.192. The van der Waals surface area contributed by atoms with Crippen molar-refractivity contribution in [1.29, 1.82) is 5.26 Å². The van der Waals surface area contributed by atoms with Gasteiger partial charge in [0.05, 0.1) is 18.0 Å². The zero-order valence-corrected chi connectivity index (χ0v) is 17.5. The maximum atomic E-state index is 12.3. The monoisotopic (exact) mass is 422 g/mol. The molecule has 0 spiro atoms. The van der Waals surface area contributed by atoms with Gasteiger partial charge in [-0.25, -0.2) is 0 Å². The molecular weight excluding hydrogens is 400 g/mol. The Balaban J connectivity index is 1.38. The summed E-state index contributed by atoms with van der Waals surface area (Å²) in [7, 11) is 0. The number of carbonyl (C=O) groups excluding carboxylic acids is 1. The van der Waals surface area contributed by atoms with E-state index < -0.39 is 0 Å². The molecule has 1 atom stereocenters. The summed E-state index contributed by atoms with van der Waals surface area (Å²) in [6.45, 7) is 0.804. The molecule has 1 amide bonds. The van der Waals surface area contributed by atoms with Crippen molar-refractivity contribution in [2.75, 3.05) is 11.9 Å². The highest BCUT2D eigenvalue weighted by Gasteiger charge is 2.19. The number of rotatable bonds is 5. The molecule has 0 saturated carbocycles. The number of benzene rings is 2. The predicted molar refractivity (Wildman–Crippen MR) is 122 cm³/mol. The molecular formula is C26H22N4O2. The molecule has 0 bridgehead atoms. The molecule has 158 valence electrons. The first-order valence-electron chi connectivity index (χ1n) is 10.7. The smallest absolute Gasteiger partial charge is 0.228 e. The van der Waals surface area contributed by atoms with Crippen molar-refractivity contribution < 1.29 is 9.53 Å². The Kier molecular flexibility index (Phi) is 5.40. The average Bonchev–Trinajstić information content (AvgIpc) is 3.48. The molecule has 2 aromatic carbocycles. The van der Waals surface area contributed by atoms with E-state index in [-0.39, 0.29) is 18.4 Å². The number of hydrogen-bond donors (Lipinski definition) is 1. The van der Waals surface area contributed by atoms with Gasteiger partial charge in [-0.05, 0) is 72.5 Å². The van der Waals surface area contributed by atoms with Crippen molar-refractivity contribution in [3.63, 3.8) is 0 Å². The Morgan fingerprint density at radius 3 is 2.78 bits per heavy atom. The van der Waals surface area contributed by atoms with Crippen LogP contribution in [-0.2, 0) is 16.0 Å². The first kappa shape index (κ1) is 20.0. The fourth-order valence-electron chi connectivity index (χ4n) is 4.22. The van der Waals surface area contributed by atoms with Gasteiger partial charge < -0.3 is 14.6 Å². The lowest BCUT2D eigenvalue weighted by atomic mass is 10.0. The van der Waals surface area contributed by atoms with Gasteiger partial charge in [0.25, 0.3) is 0 Å². The van der Waals surface area contributed by atoms with E-state index in [1.54, 1.807) is 12.4 Å². The van der Waals surface area contributed by atoms with Crippen molar-refractivity contribution in [1.82, 2.24) is 9.55 Å². The Morgan fingerprint density at radius 1 is 1.19 bits per heavy atom. The molecule has 2 aromatic heterocycles.